The van der Waals surface area contributed by atoms with Gasteiger partial charge in [-0.2, -0.15) is 0 Å². The summed E-state index contributed by atoms with van der Waals surface area (Å²) in [6.07, 6.45) is 1.47. The summed E-state index contributed by atoms with van der Waals surface area (Å²) < 4.78 is 0. The van der Waals surface area contributed by atoms with E-state index in [-0.39, 0.29) is 29.0 Å². The summed E-state index contributed by atoms with van der Waals surface area (Å²) in [5.74, 6) is -0.442. The number of aromatic hydroxyl groups is 4. The van der Waals surface area contributed by atoms with Gasteiger partial charge < -0.3 is 25.7 Å². The third-order valence-electron chi connectivity index (χ3n) is 3.53. The summed E-state index contributed by atoms with van der Waals surface area (Å²) in [5.41, 5.74) is 1.88. The molecule has 2 rings (SSSR count). The highest BCUT2D eigenvalue weighted by Gasteiger charge is 2.06. The van der Waals surface area contributed by atoms with Crippen LogP contribution in [0.25, 0.3) is 0 Å². The van der Waals surface area contributed by atoms with Crippen molar-refractivity contribution in [3.63, 3.8) is 0 Å². The SMILES string of the molecule is C[C@@H](Cc1ccc(O)c(O)c1)NCCc1ccc(O)c(O)c1. The molecule has 0 saturated carbocycles. The molecule has 0 heterocycles. The van der Waals surface area contributed by atoms with Crippen LogP contribution in [0.1, 0.15) is 18.1 Å². The van der Waals surface area contributed by atoms with Gasteiger partial charge >= 0.3 is 0 Å². The van der Waals surface area contributed by atoms with Crippen molar-refractivity contribution < 1.29 is 20.4 Å². The van der Waals surface area contributed by atoms with E-state index in [1.54, 1.807) is 24.3 Å². The zero-order valence-corrected chi connectivity index (χ0v) is 12.5. The lowest BCUT2D eigenvalue weighted by atomic mass is 10.1. The summed E-state index contributed by atoms with van der Waals surface area (Å²) in [6.45, 7) is 2.77. The molecule has 0 unspecified atom stereocenters. The van der Waals surface area contributed by atoms with Gasteiger partial charge in [-0.25, -0.2) is 0 Å². The first-order valence-electron chi connectivity index (χ1n) is 7.21. The monoisotopic (exact) mass is 303 g/mol. The largest absolute Gasteiger partial charge is 0.504 e. The van der Waals surface area contributed by atoms with Crippen molar-refractivity contribution in [3.05, 3.63) is 47.5 Å². The molecule has 0 fully saturated rings. The standard InChI is InChI=1S/C17H21NO4/c1-11(8-13-3-5-15(20)17(22)10-13)18-7-6-12-2-4-14(19)16(21)9-12/h2-5,9-11,18-22H,6-8H2,1H3/t11-/m0/s1. The van der Waals surface area contributed by atoms with Gasteiger partial charge in [0.15, 0.2) is 23.0 Å². The maximum atomic E-state index is 9.47. The molecule has 5 N–H and O–H groups in total. The highest BCUT2D eigenvalue weighted by Crippen LogP contribution is 2.26. The van der Waals surface area contributed by atoms with E-state index >= 15 is 0 Å². The van der Waals surface area contributed by atoms with Crippen molar-refractivity contribution in [1.82, 2.24) is 5.32 Å². The zero-order valence-electron chi connectivity index (χ0n) is 12.5. The van der Waals surface area contributed by atoms with Gasteiger partial charge in [-0.05, 0) is 61.7 Å². The number of rotatable bonds is 6. The normalized spacial score (nSPS) is 12.2. The average molecular weight is 303 g/mol. The fourth-order valence-corrected chi connectivity index (χ4v) is 2.31. The maximum Gasteiger partial charge on any atom is 0.157 e. The Kier molecular flexibility index (Phi) is 5.12. The van der Waals surface area contributed by atoms with Crippen LogP contribution in [-0.2, 0) is 12.8 Å². The molecule has 0 saturated heterocycles. The van der Waals surface area contributed by atoms with E-state index in [4.69, 9.17) is 0 Å². The fourth-order valence-electron chi connectivity index (χ4n) is 2.31. The second kappa shape index (κ2) is 7.04. The van der Waals surface area contributed by atoms with E-state index in [2.05, 4.69) is 5.32 Å². The Labute approximate surface area is 129 Å². The van der Waals surface area contributed by atoms with Crippen molar-refractivity contribution in [3.8, 4) is 23.0 Å². The summed E-state index contributed by atoms with van der Waals surface area (Å²) in [4.78, 5) is 0. The van der Waals surface area contributed by atoms with Crippen molar-refractivity contribution >= 4 is 0 Å². The lowest BCUT2D eigenvalue weighted by Crippen LogP contribution is -2.29. The summed E-state index contributed by atoms with van der Waals surface area (Å²) in [5, 5.41) is 40.8. The van der Waals surface area contributed by atoms with Crippen LogP contribution in [-0.4, -0.2) is 33.0 Å². The van der Waals surface area contributed by atoms with Crippen LogP contribution in [0.5, 0.6) is 23.0 Å². The number of benzene rings is 2. The van der Waals surface area contributed by atoms with Crippen molar-refractivity contribution in [2.45, 2.75) is 25.8 Å². The number of hydrogen-bond acceptors (Lipinski definition) is 5. The molecule has 0 amide bonds. The van der Waals surface area contributed by atoms with Crippen LogP contribution < -0.4 is 5.32 Å². The Hall–Kier alpha value is -2.40. The molecular formula is C17H21NO4. The van der Waals surface area contributed by atoms with Crippen LogP contribution in [0.4, 0.5) is 0 Å². The molecule has 0 aliphatic rings. The predicted octanol–water partition coefficient (Wildman–Crippen LogP) is 2.27. The highest BCUT2D eigenvalue weighted by atomic mass is 16.3. The molecule has 118 valence electrons. The first kappa shape index (κ1) is 16.0. The summed E-state index contributed by atoms with van der Waals surface area (Å²) >= 11 is 0. The molecular weight excluding hydrogens is 282 g/mol. The van der Waals surface area contributed by atoms with Crippen LogP contribution in [0.3, 0.4) is 0 Å². The van der Waals surface area contributed by atoms with Gasteiger partial charge in [-0.1, -0.05) is 12.1 Å². The number of hydrogen-bond donors (Lipinski definition) is 5. The number of phenols is 4. The Morgan fingerprint density at radius 3 is 1.95 bits per heavy atom. The van der Waals surface area contributed by atoms with E-state index in [9.17, 15) is 20.4 Å². The highest BCUT2D eigenvalue weighted by molar-refractivity contribution is 5.41. The third-order valence-corrected chi connectivity index (χ3v) is 3.53. The molecule has 0 bridgehead atoms. The Morgan fingerprint density at radius 2 is 1.36 bits per heavy atom. The van der Waals surface area contributed by atoms with Crippen molar-refractivity contribution in [2.75, 3.05) is 6.54 Å². The molecule has 22 heavy (non-hydrogen) atoms. The number of nitrogens with one attached hydrogen (secondary N) is 1. The Bertz CT molecular complexity index is 643. The molecule has 0 aromatic heterocycles. The van der Waals surface area contributed by atoms with E-state index in [0.717, 1.165) is 30.5 Å². The zero-order chi connectivity index (χ0) is 16.1. The Balaban J connectivity index is 1.81. The summed E-state index contributed by atoms with van der Waals surface area (Å²) in [7, 11) is 0. The van der Waals surface area contributed by atoms with E-state index in [0.29, 0.717) is 0 Å². The van der Waals surface area contributed by atoms with Gasteiger partial charge in [0.25, 0.3) is 0 Å². The molecule has 0 aliphatic heterocycles. The van der Waals surface area contributed by atoms with Gasteiger partial charge in [0.05, 0.1) is 0 Å². The lowest BCUT2D eigenvalue weighted by molar-refractivity contribution is 0.402. The van der Waals surface area contributed by atoms with Gasteiger partial charge in [0.1, 0.15) is 0 Å². The molecule has 2 aromatic rings. The lowest BCUT2D eigenvalue weighted by Gasteiger charge is -2.14. The molecule has 0 spiro atoms. The molecule has 0 radical (unpaired) electrons. The minimum absolute atomic E-state index is 0.106. The molecule has 0 aliphatic carbocycles. The molecule has 1 atom stereocenters. The third kappa shape index (κ3) is 4.30. The van der Waals surface area contributed by atoms with Crippen molar-refractivity contribution in [1.29, 1.82) is 0 Å². The van der Waals surface area contributed by atoms with Gasteiger partial charge in [0.2, 0.25) is 0 Å². The maximum absolute atomic E-state index is 9.47. The Morgan fingerprint density at radius 1 is 0.818 bits per heavy atom. The predicted molar refractivity (Wildman–Crippen MR) is 84.4 cm³/mol. The average Bonchev–Trinajstić information content (AvgIpc) is 2.47. The first-order valence-corrected chi connectivity index (χ1v) is 7.21. The molecule has 5 nitrogen and oxygen atoms in total. The quantitative estimate of drug-likeness (QED) is 0.528. The minimum atomic E-state index is -0.114. The second-order valence-corrected chi connectivity index (χ2v) is 5.46. The van der Waals surface area contributed by atoms with Gasteiger partial charge in [-0.3, -0.25) is 0 Å². The first-order chi connectivity index (χ1) is 10.5. The topological polar surface area (TPSA) is 93.0 Å². The van der Waals surface area contributed by atoms with Gasteiger partial charge in [-0.15, -0.1) is 0 Å². The molecule has 5 heteroatoms. The smallest absolute Gasteiger partial charge is 0.157 e. The van der Waals surface area contributed by atoms with Crippen LogP contribution in [0.15, 0.2) is 36.4 Å². The van der Waals surface area contributed by atoms with E-state index in [1.165, 1.54) is 12.1 Å². The van der Waals surface area contributed by atoms with Crippen molar-refractivity contribution in [2.24, 2.45) is 0 Å². The van der Waals surface area contributed by atoms with Crippen LogP contribution in [0.2, 0.25) is 0 Å². The fraction of sp³-hybridized carbons (Fsp3) is 0.294. The second-order valence-electron chi connectivity index (χ2n) is 5.46. The number of phenolic OH excluding ortho intramolecular Hbond substituents is 4. The summed E-state index contributed by atoms with van der Waals surface area (Å²) in [6, 6.07) is 9.84. The van der Waals surface area contributed by atoms with E-state index < -0.39 is 0 Å². The van der Waals surface area contributed by atoms with Crippen LogP contribution >= 0.6 is 0 Å². The van der Waals surface area contributed by atoms with E-state index in [1.807, 2.05) is 6.92 Å². The molecule has 2 aromatic carbocycles. The minimum Gasteiger partial charge on any atom is -0.504 e. The van der Waals surface area contributed by atoms with Crippen LogP contribution in [0, 0.1) is 0 Å². The van der Waals surface area contributed by atoms with Gasteiger partial charge in [0, 0.05) is 6.04 Å².